The van der Waals surface area contributed by atoms with Crippen molar-refractivity contribution >= 4 is 43.6 Å². The predicted molar refractivity (Wildman–Crippen MR) is 98.6 cm³/mol. The highest BCUT2D eigenvalue weighted by Gasteiger charge is 2.24. The van der Waals surface area contributed by atoms with Crippen molar-refractivity contribution in [3.05, 3.63) is 53.2 Å². The van der Waals surface area contributed by atoms with Crippen LogP contribution in [0.2, 0.25) is 5.02 Å². The molecule has 0 amide bonds. The van der Waals surface area contributed by atoms with Gasteiger partial charge in [0.25, 0.3) is 0 Å². The van der Waals surface area contributed by atoms with E-state index in [4.69, 9.17) is 11.6 Å². The van der Waals surface area contributed by atoms with Gasteiger partial charge >= 0.3 is 0 Å². The molecular weight excluding hydrogens is 376 g/mol. The Labute approximate surface area is 154 Å². The Morgan fingerprint density at radius 1 is 1.19 bits per heavy atom. The molecule has 0 radical (unpaired) electrons. The average molecular weight is 391 g/mol. The van der Waals surface area contributed by atoms with Gasteiger partial charge in [0.15, 0.2) is 11.0 Å². The summed E-state index contributed by atoms with van der Waals surface area (Å²) in [5.74, 6) is 0. The van der Waals surface area contributed by atoms with Gasteiger partial charge in [-0.25, -0.2) is 17.8 Å². The molecular formula is C17H15ClN4O3S. The molecule has 2 N–H and O–H groups in total. The third kappa shape index (κ3) is 2.96. The number of benzene rings is 2. The molecule has 0 saturated heterocycles. The molecule has 2 aromatic carbocycles. The Kier molecular flexibility index (Phi) is 4.18. The van der Waals surface area contributed by atoms with Crippen LogP contribution < -0.4 is 4.72 Å². The topological polar surface area (TPSA) is 101 Å². The quantitative estimate of drug-likeness (QED) is 0.544. The zero-order valence-electron chi connectivity index (χ0n) is 13.7. The fourth-order valence-electron chi connectivity index (χ4n) is 3.03. The van der Waals surface area contributed by atoms with Crippen molar-refractivity contribution in [2.75, 3.05) is 0 Å². The van der Waals surface area contributed by atoms with E-state index in [0.29, 0.717) is 6.42 Å². The molecule has 4 aromatic rings. The Bertz CT molecular complexity index is 1200. The van der Waals surface area contributed by atoms with Gasteiger partial charge < -0.3 is 4.98 Å². The average Bonchev–Trinajstić information content (AvgIpc) is 3.22. The van der Waals surface area contributed by atoms with Gasteiger partial charge in [-0.1, -0.05) is 29.8 Å². The van der Waals surface area contributed by atoms with Crippen molar-refractivity contribution in [3.8, 4) is 0 Å². The van der Waals surface area contributed by atoms with E-state index < -0.39 is 10.0 Å². The first-order valence-corrected chi connectivity index (χ1v) is 9.80. The van der Waals surface area contributed by atoms with E-state index in [-0.39, 0.29) is 27.0 Å². The van der Waals surface area contributed by atoms with Crippen LogP contribution in [0.5, 0.6) is 0 Å². The summed E-state index contributed by atoms with van der Waals surface area (Å²) in [5.41, 5.74) is 2.40. The van der Waals surface area contributed by atoms with Crippen LogP contribution in [0.15, 0.2) is 52.1 Å². The minimum absolute atomic E-state index is 0.0103. The van der Waals surface area contributed by atoms with E-state index in [1.807, 2.05) is 37.4 Å². The summed E-state index contributed by atoms with van der Waals surface area (Å²) in [7, 11) is -3.81. The van der Waals surface area contributed by atoms with E-state index in [1.165, 1.54) is 12.1 Å². The van der Waals surface area contributed by atoms with E-state index >= 15 is 0 Å². The first-order valence-electron chi connectivity index (χ1n) is 7.94. The molecule has 0 bridgehead atoms. The zero-order chi connectivity index (χ0) is 18.3. The van der Waals surface area contributed by atoms with E-state index in [9.17, 15) is 8.42 Å². The molecule has 9 heteroatoms. The van der Waals surface area contributed by atoms with Crippen LogP contribution in [0.1, 0.15) is 12.5 Å². The molecule has 0 aliphatic carbocycles. The SMILES string of the molecule is CC(Cc1c[nH]c2ccccc12)NS(=O)(=O)c1ccc(Cl)c2nonc12. The molecule has 0 fully saturated rings. The van der Waals surface area contributed by atoms with Gasteiger partial charge in [0.2, 0.25) is 10.0 Å². The highest BCUT2D eigenvalue weighted by molar-refractivity contribution is 7.89. The summed E-state index contributed by atoms with van der Waals surface area (Å²) >= 11 is 6.00. The number of aromatic nitrogens is 3. The van der Waals surface area contributed by atoms with Gasteiger partial charge in [-0.3, -0.25) is 0 Å². The number of hydrogen-bond donors (Lipinski definition) is 2. The van der Waals surface area contributed by atoms with Crippen LogP contribution in [0.25, 0.3) is 21.9 Å². The monoisotopic (exact) mass is 390 g/mol. The molecule has 134 valence electrons. The van der Waals surface area contributed by atoms with Crippen molar-refractivity contribution in [2.24, 2.45) is 0 Å². The Hall–Kier alpha value is -2.42. The van der Waals surface area contributed by atoms with Gasteiger partial charge in [0, 0.05) is 23.1 Å². The maximum absolute atomic E-state index is 12.8. The number of H-pyrrole nitrogens is 1. The third-order valence-corrected chi connectivity index (χ3v) is 6.10. The smallest absolute Gasteiger partial charge is 0.243 e. The molecule has 7 nitrogen and oxygen atoms in total. The first-order chi connectivity index (χ1) is 12.5. The fraction of sp³-hybridized carbons (Fsp3) is 0.176. The number of nitrogens with zero attached hydrogens (tertiary/aromatic N) is 2. The lowest BCUT2D eigenvalue weighted by molar-refractivity contribution is 0.315. The molecule has 4 rings (SSSR count). The van der Waals surface area contributed by atoms with Gasteiger partial charge in [-0.2, -0.15) is 0 Å². The van der Waals surface area contributed by atoms with Crippen molar-refractivity contribution in [1.29, 1.82) is 0 Å². The minimum Gasteiger partial charge on any atom is -0.361 e. The zero-order valence-corrected chi connectivity index (χ0v) is 15.3. The standard InChI is InChI=1S/C17H15ClN4O3S/c1-10(8-11-9-19-14-5-3-2-4-12(11)14)22-26(23,24)15-7-6-13(18)16-17(15)21-25-20-16/h2-7,9-10,19,22H,8H2,1H3. The lowest BCUT2D eigenvalue weighted by atomic mass is 10.1. The van der Waals surface area contributed by atoms with Crippen molar-refractivity contribution in [2.45, 2.75) is 24.3 Å². The summed E-state index contributed by atoms with van der Waals surface area (Å²) in [6.07, 6.45) is 2.44. The third-order valence-electron chi connectivity index (χ3n) is 4.18. The molecule has 0 aliphatic heterocycles. The minimum atomic E-state index is -3.81. The number of para-hydroxylation sites is 1. The van der Waals surface area contributed by atoms with E-state index in [2.05, 4.69) is 24.6 Å². The fourth-order valence-corrected chi connectivity index (χ4v) is 4.59. The van der Waals surface area contributed by atoms with Gasteiger partial charge in [-0.15, -0.1) is 0 Å². The second-order valence-electron chi connectivity index (χ2n) is 6.09. The van der Waals surface area contributed by atoms with Crippen LogP contribution in [-0.4, -0.2) is 29.8 Å². The Morgan fingerprint density at radius 3 is 2.81 bits per heavy atom. The lowest BCUT2D eigenvalue weighted by Gasteiger charge is -2.14. The predicted octanol–water partition coefficient (Wildman–Crippen LogP) is 3.27. The molecule has 26 heavy (non-hydrogen) atoms. The molecule has 2 aromatic heterocycles. The number of nitrogens with one attached hydrogen (secondary N) is 2. The van der Waals surface area contributed by atoms with Crippen LogP contribution >= 0.6 is 11.6 Å². The summed E-state index contributed by atoms with van der Waals surface area (Å²) in [4.78, 5) is 3.18. The second-order valence-corrected chi connectivity index (χ2v) is 8.18. The molecule has 2 heterocycles. The number of halogens is 1. The van der Waals surface area contributed by atoms with Crippen molar-refractivity contribution in [1.82, 2.24) is 20.0 Å². The number of hydrogen-bond acceptors (Lipinski definition) is 5. The van der Waals surface area contributed by atoms with Gasteiger partial charge in [-0.05, 0) is 47.4 Å². The summed E-state index contributed by atoms with van der Waals surface area (Å²) in [6.45, 7) is 1.81. The highest BCUT2D eigenvalue weighted by atomic mass is 35.5. The maximum Gasteiger partial charge on any atom is 0.243 e. The van der Waals surface area contributed by atoms with Gasteiger partial charge in [0.05, 0.1) is 5.02 Å². The van der Waals surface area contributed by atoms with Crippen molar-refractivity contribution < 1.29 is 13.0 Å². The second kappa shape index (κ2) is 6.39. The summed E-state index contributed by atoms with van der Waals surface area (Å²) in [6, 6.07) is 10.4. The summed E-state index contributed by atoms with van der Waals surface area (Å²) in [5, 5.41) is 8.69. The Balaban J connectivity index is 1.61. The summed E-state index contributed by atoms with van der Waals surface area (Å²) < 4.78 is 32.9. The molecule has 1 atom stereocenters. The van der Waals surface area contributed by atoms with E-state index in [1.54, 1.807) is 0 Å². The van der Waals surface area contributed by atoms with Crippen LogP contribution in [-0.2, 0) is 16.4 Å². The Morgan fingerprint density at radius 2 is 1.96 bits per heavy atom. The number of sulfonamides is 1. The molecule has 0 aliphatic rings. The number of aromatic amines is 1. The van der Waals surface area contributed by atoms with Crippen LogP contribution in [0, 0.1) is 0 Å². The van der Waals surface area contributed by atoms with Crippen molar-refractivity contribution in [3.63, 3.8) is 0 Å². The van der Waals surface area contributed by atoms with Crippen LogP contribution in [0.3, 0.4) is 0 Å². The van der Waals surface area contributed by atoms with E-state index in [0.717, 1.165) is 16.5 Å². The lowest BCUT2D eigenvalue weighted by Crippen LogP contribution is -2.34. The molecule has 0 saturated carbocycles. The number of fused-ring (bicyclic) bond motifs is 2. The highest BCUT2D eigenvalue weighted by Crippen LogP contribution is 2.27. The van der Waals surface area contributed by atoms with Gasteiger partial charge in [0.1, 0.15) is 4.90 Å². The largest absolute Gasteiger partial charge is 0.361 e. The maximum atomic E-state index is 12.8. The normalized spacial score (nSPS) is 13.5. The first kappa shape index (κ1) is 17.0. The molecule has 1 unspecified atom stereocenters. The molecule has 0 spiro atoms. The van der Waals surface area contributed by atoms with Crippen LogP contribution in [0.4, 0.5) is 0 Å². The number of rotatable bonds is 5.